The van der Waals surface area contributed by atoms with Crippen molar-refractivity contribution in [3.05, 3.63) is 49.3 Å². The number of nitro groups is 1. The van der Waals surface area contributed by atoms with Gasteiger partial charge in [-0.1, -0.05) is 11.6 Å². The summed E-state index contributed by atoms with van der Waals surface area (Å²) in [6.45, 7) is 0. The number of pyridine rings is 1. The van der Waals surface area contributed by atoms with Crippen molar-refractivity contribution in [2.75, 3.05) is 0 Å². The maximum Gasteiger partial charge on any atom is 0.271 e. The smallest absolute Gasteiger partial charge is 0.271 e. The van der Waals surface area contributed by atoms with Crippen LogP contribution in [0.5, 0.6) is 0 Å². The van der Waals surface area contributed by atoms with Crippen LogP contribution in [0.3, 0.4) is 0 Å². The van der Waals surface area contributed by atoms with E-state index in [0.29, 0.717) is 0 Å². The molecule has 6 nitrogen and oxygen atoms in total. The molecule has 2 rings (SSSR count). The predicted octanol–water partition coefficient (Wildman–Crippen LogP) is 1.96. The van der Waals surface area contributed by atoms with Crippen molar-refractivity contribution in [3.63, 3.8) is 0 Å². The van der Waals surface area contributed by atoms with Gasteiger partial charge in [0.2, 0.25) is 5.43 Å². The fourth-order valence-electron chi connectivity index (χ4n) is 1.46. The Hall–Kier alpha value is -2.39. The summed E-state index contributed by atoms with van der Waals surface area (Å²) in [5.74, 6) is 0. The molecule has 1 heterocycles. The molecule has 1 aromatic carbocycles. The molecule has 0 atom stereocenters. The molecule has 0 aliphatic carbocycles. The van der Waals surface area contributed by atoms with Crippen LogP contribution in [0.2, 0.25) is 5.02 Å². The summed E-state index contributed by atoms with van der Waals surface area (Å²) >= 11 is 5.82. The first kappa shape index (κ1) is 11.1. The summed E-state index contributed by atoms with van der Waals surface area (Å²) in [6.07, 6.45) is 1.22. The average Bonchev–Trinajstić information content (AvgIpc) is 2.30. The number of nitrogens with one attached hydrogen (secondary N) is 1. The van der Waals surface area contributed by atoms with Crippen molar-refractivity contribution in [1.82, 2.24) is 4.98 Å². The van der Waals surface area contributed by atoms with Crippen LogP contribution >= 0.6 is 11.6 Å². The summed E-state index contributed by atoms with van der Waals surface area (Å²) < 4.78 is 0. The van der Waals surface area contributed by atoms with Crippen molar-refractivity contribution >= 4 is 28.2 Å². The highest BCUT2D eigenvalue weighted by Crippen LogP contribution is 2.25. The summed E-state index contributed by atoms with van der Waals surface area (Å²) in [4.78, 5) is 24.4. The summed E-state index contributed by atoms with van der Waals surface area (Å²) in [6, 6.07) is 3.94. The van der Waals surface area contributed by atoms with E-state index in [4.69, 9.17) is 16.9 Å². The van der Waals surface area contributed by atoms with Gasteiger partial charge in [-0.15, -0.1) is 0 Å². The van der Waals surface area contributed by atoms with Crippen molar-refractivity contribution in [2.24, 2.45) is 0 Å². The lowest BCUT2D eigenvalue weighted by atomic mass is 10.1. The Morgan fingerprint density at radius 1 is 1.47 bits per heavy atom. The number of benzene rings is 1. The number of nitriles is 1. The van der Waals surface area contributed by atoms with E-state index < -0.39 is 10.4 Å². The van der Waals surface area contributed by atoms with Gasteiger partial charge in [0.15, 0.2) is 0 Å². The minimum Gasteiger partial charge on any atom is -0.358 e. The van der Waals surface area contributed by atoms with Crippen LogP contribution in [0.15, 0.2) is 23.1 Å². The number of H-pyrrole nitrogens is 1. The second kappa shape index (κ2) is 3.88. The third-order valence-corrected chi connectivity index (χ3v) is 2.55. The Bertz CT molecular complexity index is 730. The molecule has 7 heteroatoms. The van der Waals surface area contributed by atoms with Crippen LogP contribution in [-0.2, 0) is 0 Å². The number of nitrogens with zero attached hydrogens (tertiary/aromatic N) is 2. The fraction of sp³-hybridized carbons (Fsp3) is 0. The number of fused-ring (bicyclic) bond motifs is 1. The lowest BCUT2D eigenvalue weighted by Gasteiger charge is -2.00. The highest BCUT2D eigenvalue weighted by molar-refractivity contribution is 6.35. The van der Waals surface area contributed by atoms with Crippen molar-refractivity contribution in [3.8, 4) is 6.07 Å². The minimum atomic E-state index is -0.649. The lowest BCUT2D eigenvalue weighted by Crippen LogP contribution is -2.07. The van der Waals surface area contributed by atoms with Gasteiger partial charge in [0, 0.05) is 18.3 Å². The molecular formula is C10H4ClN3O3. The Kier molecular flexibility index (Phi) is 2.54. The zero-order valence-corrected chi connectivity index (χ0v) is 8.99. The predicted molar refractivity (Wildman–Crippen MR) is 60.9 cm³/mol. The Balaban J connectivity index is 2.95. The molecule has 0 aliphatic rings. The van der Waals surface area contributed by atoms with Crippen LogP contribution in [0.4, 0.5) is 5.69 Å². The number of aromatic amines is 1. The van der Waals surface area contributed by atoms with E-state index in [2.05, 4.69) is 4.98 Å². The Labute approximate surface area is 99.2 Å². The standard InChI is InChI=1S/C10H4ClN3O3/c11-8-2-6(14(16)17)1-7-9(8)13-4-5(3-12)10(7)15/h1-2,4H,(H,13,15). The lowest BCUT2D eigenvalue weighted by molar-refractivity contribution is -0.384. The first-order valence-corrected chi connectivity index (χ1v) is 4.82. The molecular weight excluding hydrogens is 246 g/mol. The van der Waals surface area contributed by atoms with Crippen LogP contribution < -0.4 is 5.43 Å². The molecule has 1 aromatic heterocycles. The molecule has 0 aliphatic heterocycles. The van der Waals surface area contributed by atoms with Gasteiger partial charge >= 0.3 is 0 Å². The monoisotopic (exact) mass is 249 g/mol. The summed E-state index contributed by atoms with van der Waals surface area (Å²) in [5, 5.41) is 19.4. The molecule has 0 fully saturated rings. The van der Waals surface area contributed by atoms with E-state index in [1.165, 1.54) is 6.20 Å². The van der Waals surface area contributed by atoms with Gasteiger partial charge in [-0.2, -0.15) is 5.26 Å². The van der Waals surface area contributed by atoms with E-state index in [-0.39, 0.29) is 27.2 Å². The quantitative estimate of drug-likeness (QED) is 0.617. The molecule has 84 valence electrons. The van der Waals surface area contributed by atoms with Gasteiger partial charge in [-0.05, 0) is 0 Å². The van der Waals surface area contributed by atoms with Crippen molar-refractivity contribution in [1.29, 1.82) is 5.26 Å². The average molecular weight is 250 g/mol. The molecule has 0 amide bonds. The van der Waals surface area contributed by atoms with Gasteiger partial charge in [0.1, 0.15) is 11.6 Å². The van der Waals surface area contributed by atoms with E-state index in [1.54, 1.807) is 6.07 Å². The first-order chi connectivity index (χ1) is 8.04. The third-order valence-electron chi connectivity index (χ3n) is 2.26. The fourth-order valence-corrected chi connectivity index (χ4v) is 1.73. The van der Waals surface area contributed by atoms with E-state index in [0.717, 1.165) is 12.1 Å². The zero-order valence-electron chi connectivity index (χ0n) is 8.23. The van der Waals surface area contributed by atoms with Crippen LogP contribution in [0.25, 0.3) is 10.9 Å². The van der Waals surface area contributed by atoms with Crippen molar-refractivity contribution in [2.45, 2.75) is 0 Å². The number of rotatable bonds is 1. The number of non-ortho nitro benzene ring substituents is 1. The van der Waals surface area contributed by atoms with Gasteiger partial charge in [0.25, 0.3) is 5.69 Å². The number of aromatic nitrogens is 1. The summed E-state index contributed by atoms with van der Waals surface area (Å²) in [5.41, 5.74) is -0.703. The molecule has 0 bridgehead atoms. The first-order valence-electron chi connectivity index (χ1n) is 4.44. The normalized spacial score (nSPS) is 10.1. The Morgan fingerprint density at radius 3 is 2.76 bits per heavy atom. The number of nitro benzene ring substituents is 1. The Morgan fingerprint density at radius 2 is 2.18 bits per heavy atom. The number of halogens is 1. The van der Waals surface area contributed by atoms with Gasteiger partial charge < -0.3 is 4.98 Å². The highest BCUT2D eigenvalue weighted by Gasteiger charge is 2.14. The largest absolute Gasteiger partial charge is 0.358 e. The van der Waals surface area contributed by atoms with Gasteiger partial charge in [-0.3, -0.25) is 14.9 Å². The maximum absolute atomic E-state index is 11.8. The van der Waals surface area contributed by atoms with E-state index in [1.807, 2.05) is 0 Å². The molecule has 0 spiro atoms. The number of hydrogen-bond acceptors (Lipinski definition) is 4. The van der Waals surface area contributed by atoms with Gasteiger partial charge in [-0.25, -0.2) is 0 Å². The molecule has 0 saturated heterocycles. The zero-order chi connectivity index (χ0) is 12.6. The molecule has 0 radical (unpaired) electrons. The van der Waals surface area contributed by atoms with Crippen LogP contribution in [0, 0.1) is 21.4 Å². The third kappa shape index (κ3) is 1.73. The molecule has 0 saturated carbocycles. The molecule has 0 unspecified atom stereocenters. The molecule has 2 aromatic rings. The number of hydrogen-bond donors (Lipinski definition) is 1. The maximum atomic E-state index is 11.8. The summed E-state index contributed by atoms with van der Waals surface area (Å²) in [7, 11) is 0. The highest BCUT2D eigenvalue weighted by atomic mass is 35.5. The second-order valence-electron chi connectivity index (χ2n) is 3.25. The topological polar surface area (TPSA) is 99.8 Å². The van der Waals surface area contributed by atoms with Crippen LogP contribution in [0.1, 0.15) is 5.56 Å². The van der Waals surface area contributed by atoms with Gasteiger partial charge in [0.05, 0.1) is 20.8 Å². The van der Waals surface area contributed by atoms with E-state index in [9.17, 15) is 14.9 Å². The SMILES string of the molecule is N#Cc1c[nH]c2c(Cl)cc([N+](=O)[O-])cc2c1=O. The minimum absolute atomic E-state index is 0.0308. The van der Waals surface area contributed by atoms with Crippen molar-refractivity contribution < 1.29 is 4.92 Å². The molecule has 1 N–H and O–H groups in total. The van der Waals surface area contributed by atoms with E-state index >= 15 is 0 Å². The second-order valence-corrected chi connectivity index (χ2v) is 3.66. The molecule has 17 heavy (non-hydrogen) atoms. The van der Waals surface area contributed by atoms with Crippen LogP contribution in [-0.4, -0.2) is 9.91 Å².